The largest absolute Gasteiger partial charge is 0.313 e. The number of halogens is 1. The molecule has 0 aliphatic rings. The number of hydrogen-bond acceptors (Lipinski definition) is 1. The maximum atomic E-state index is 13.7. The van der Waals surface area contributed by atoms with Gasteiger partial charge < -0.3 is 4.57 Å². The Balaban J connectivity index is 2.14. The fourth-order valence-electron chi connectivity index (χ4n) is 3.64. The lowest BCUT2D eigenvalue weighted by Crippen LogP contribution is -2.03. The van der Waals surface area contributed by atoms with Crippen molar-refractivity contribution in [3.8, 4) is 5.69 Å². The molecule has 0 radical (unpaired) electrons. The summed E-state index contributed by atoms with van der Waals surface area (Å²) in [5.41, 5.74) is 6.35. The molecule has 2 aromatic heterocycles. The molecule has 1 N–H and O–H groups in total. The zero-order valence-corrected chi connectivity index (χ0v) is 14.3. The van der Waals surface area contributed by atoms with E-state index in [1.54, 1.807) is 13.0 Å². The van der Waals surface area contributed by atoms with E-state index in [0.717, 1.165) is 22.1 Å². The van der Waals surface area contributed by atoms with E-state index in [2.05, 4.69) is 47.7 Å². The molecular formula is C20H20FN3. The first-order valence-electron chi connectivity index (χ1n) is 8.22. The third-order valence-electron chi connectivity index (χ3n) is 4.77. The molecule has 0 aliphatic carbocycles. The topological polar surface area (TPSA) is 33.6 Å². The van der Waals surface area contributed by atoms with E-state index in [4.69, 9.17) is 0 Å². The number of aryl methyl sites for hydroxylation is 2. The summed E-state index contributed by atoms with van der Waals surface area (Å²) in [4.78, 5) is 0. The van der Waals surface area contributed by atoms with Gasteiger partial charge in [-0.25, -0.2) is 4.39 Å². The van der Waals surface area contributed by atoms with Gasteiger partial charge in [-0.1, -0.05) is 13.8 Å². The van der Waals surface area contributed by atoms with Gasteiger partial charge in [0.15, 0.2) is 0 Å². The van der Waals surface area contributed by atoms with Crippen molar-refractivity contribution < 1.29 is 4.39 Å². The second-order valence-corrected chi connectivity index (χ2v) is 6.76. The lowest BCUT2D eigenvalue weighted by molar-refractivity contribution is 0.618. The molecule has 4 aromatic rings. The fourth-order valence-corrected chi connectivity index (χ4v) is 3.64. The predicted molar refractivity (Wildman–Crippen MR) is 96.4 cm³/mol. The van der Waals surface area contributed by atoms with E-state index in [-0.39, 0.29) is 5.82 Å². The summed E-state index contributed by atoms with van der Waals surface area (Å²) in [7, 11) is 0. The van der Waals surface area contributed by atoms with Crippen molar-refractivity contribution in [1.82, 2.24) is 14.8 Å². The van der Waals surface area contributed by atoms with Crippen molar-refractivity contribution >= 4 is 21.8 Å². The van der Waals surface area contributed by atoms with Crippen molar-refractivity contribution in [2.75, 3.05) is 0 Å². The van der Waals surface area contributed by atoms with Crippen LogP contribution < -0.4 is 0 Å². The van der Waals surface area contributed by atoms with E-state index in [9.17, 15) is 4.39 Å². The van der Waals surface area contributed by atoms with Crippen molar-refractivity contribution in [1.29, 1.82) is 0 Å². The highest BCUT2D eigenvalue weighted by molar-refractivity contribution is 5.98. The Morgan fingerprint density at radius 3 is 2.62 bits per heavy atom. The van der Waals surface area contributed by atoms with Gasteiger partial charge in [-0.15, -0.1) is 0 Å². The van der Waals surface area contributed by atoms with Gasteiger partial charge in [-0.3, -0.25) is 5.10 Å². The van der Waals surface area contributed by atoms with Crippen molar-refractivity contribution in [2.45, 2.75) is 33.6 Å². The van der Waals surface area contributed by atoms with Gasteiger partial charge in [0.2, 0.25) is 0 Å². The second-order valence-electron chi connectivity index (χ2n) is 6.76. The summed E-state index contributed by atoms with van der Waals surface area (Å²) in [6, 6.07) is 9.64. The number of rotatable bonds is 2. The lowest BCUT2D eigenvalue weighted by atomic mass is 10.0. The first kappa shape index (κ1) is 14.9. The molecule has 0 aliphatic heterocycles. The van der Waals surface area contributed by atoms with E-state index < -0.39 is 0 Å². The number of H-pyrrole nitrogens is 1. The first-order chi connectivity index (χ1) is 11.5. The van der Waals surface area contributed by atoms with Crippen LogP contribution in [-0.4, -0.2) is 14.8 Å². The number of nitrogens with zero attached hydrogens (tertiary/aromatic N) is 2. The molecule has 3 nitrogen and oxygen atoms in total. The molecular weight excluding hydrogens is 301 g/mol. The zero-order valence-electron chi connectivity index (χ0n) is 14.3. The number of aromatic nitrogens is 3. The summed E-state index contributed by atoms with van der Waals surface area (Å²) in [5, 5.41) is 9.46. The maximum absolute atomic E-state index is 13.7. The molecule has 0 saturated carbocycles. The quantitative estimate of drug-likeness (QED) is 0.528. The predicted octanol–water partition coefficient (Wildman–Crippen LogP) is 5.39. The third kappa shape index (κ3) is 2.06. The molecule has 122 valence electrons. The monoisotopic (exact) mass is 321 g/mol. The third-order valence-corrected chi connectivity index (χ3v) is 4.77. The van der Waals surface area contributed by atoms with Crippen LogP contribution in [0.3, 0.4) is 0 Å². The van der Waals surface area contributed by atoms with Crippen molar-refractivity contribution in [3.63, 3.8) is 0 Å². The molecule has 0 atom stereocenters. The average molecular weight is 321 g/mol. The van der Waals surface area contributed by atoms with Crippen LogP contribution in [0, 0.1) is 19.7 Å². The van der Waals surface area contributed by atoms with Crippen LogP contribution in [0.4, 0.5) is 4.39 Å². The SMILES string of the molecule is Cc1cc(-n2c(C(C)C)c(C)c3cc4[nH]ncc4cc32)ccc1F. The molecule has 0 fully saturated rings. The summed E-state index contributed by atoms with van der Waals surface area (Å²) in [6.45, 7) is 8.36. The Morgan fingerprint density at radius 1 is 1.12 bits per heavy atom. The minimum Gasteiger partial charge on any atom is -0.313 e. The molecule has 2 heterocycles. The maximum Gasteiger partial charge on any atom is 0.126 e. The van der Waals surface area contributed by atoms with Gasteiger partial charge in [-0.05, 0) is 61.2 Å². The fraction of sp³-hybridized carbons (Fsp3) is 0.250. The van der Waals surface area contributed by atoms with Crippen molar-refractivity contribution in [2.24, 2.45) is 0 Å². The van der Waals surface area contributed by atoms with Gasteiger partial charge in [-0.2, -0.15) is 5.10 Å². The molecule has 0 unspecified atom stereocenters. The van der Waals surface area contributed by atoms with Crippen LogP contribution in [0.1, 0.15) is 36.6 Å². The highest BCUT2D eigenvalue weighted by Gasteiger charge is 2.19. The summed E-state index contributed by atoms with van der Waals surface area (Å²) >= 11 is 0. The molecule has 0 amide bonds. The molecule has 4 rings (SSSR count). The summed E-state index contributed by atoms with van der Waals surface area (Å²) in [6.07, 6.45) is 1.84. The van der Waals surface area contributed by atoms with E-state index >= 15 is 0 Å². The molecule has 4 heteroatoms. The van der Waals surface area contributed by atoms with E-state index in [0.29, 0.717) is 11.5 Å². The number of fused-ring (bicyclic) bond motifs is 2. The van der Waals surface area contributed by atoms with Crippen LogP contribution in [-0.2, 0) is 0 Å². The van der Waals surface area contributed by atoms with Crippen LogP contribution in [0.25, 0.3) is 27.5 Å². The number of hydrogen-bond donors (Lipinski definition) is 1. The van der Waals surface area contributed by atoms with Crippen LogP contribution >= 0.6 is 0 Å². The Labute approximate surface area is 140 Å². The molecule has 0 saturated heterocycles. The van der Waals surface area contributed by atoms with Gasteiger partial charge in [0.05, 0.1) is 17.2 Å². The normalized spacial score (nSPS) is 11.9. The van der Waals surface area contributed by atoms with Gasteiger partial charge in [0.25, 0.3) is 0 Å². The van der Waals surface area contributed by atoms with E-state index in [1.165, 1.54) is 16.6 Å². The second kappa shape index (κ2) is 5.20. The van der Waals surface area contributed by atoms with Crippen LogP contribution in [0.5, 0.6) is 0 Å². The van der Waals surface area contributed by atoms with Gasteiger partial charge >= 0.3 is 0 Å². The van der Waals surface area contributed by atoms with Gasteiger partial charge in [0, 0.05) is 22.2 Å². The Bertz CT molecular complexity index is 1070. The average Bonchev–Trinajstić information content (AvgIpc) is 3.10. The number of aromatic amines is 1. The summed E-state index contributed by atoms with van der Waals surface area (Å²) in [5.74, 6) is 0.189. The highest BCUT2D eigenvalue weighted by Crippen LogP contribution is 2.35. The smallest absolute Gasteiger partial charge is 0.126 e. The first-order valence-corrected chi connectivity index (χ1v) is 8.22. The highest BCUT2D eigenvalue weighted by atomic mass is 19.1. The molecule has 24 heavy (non-hydrogen) atoms. The Morgan fingerprint density at radius 2 is 1.92 bits per heavy atom. The van der Waals surface area contributed by atoms with Crippen LogP contribution in [0.15, 0.2) is 36.5 Å². The van der Waals surface area contributed by atoms with Crippen molar-refractivity contribution in [3.05, 3.63) is 59.2 Å². The minimum absolute atomic E-state index is 0.171. The summed E-state index contributed by atoms with van der Waals surface area (Å²) < 4.78 is 16.0. The van der Waals surface area contributed by atoms with Crippen LogP contribution in [0.2, 0.25) is 0 Å². The number of nitrogens with one attached hydrogen (secondary N) is 1. The Hall–Kier alpha value is -2.62. The standard InChI is InChI=1S/C20H20FN3/c1-11(2)20-13(4)16-9-18-14(10-22-23-18)8-19(16)24(20)15-5-6-17(21)12(3)7-15/h5-11H,1-4H3,(H,22,23). The Kier molecular flexibility index (Phi) is 3.23. The molecule has 0 spiro atoms. The molecule has 2 aromatic carbocycles. The van der Waals surface area contributed by atoms with E-state index in [1.807, 2.05) is 18.3 Å². The zero-order chi connectivity index (χ0) is 17.0. The lowest BCUT2D eigenvalue weighted by Gasteiger charge is -2.15. The number of benzene rings is 2. The van der Waals surface area contributed by atoms with Gasteiger partial charge in [0.1, 0.15) is 5.82 Å². The minimum atomic E-state index is -0.171. The molecule has 0 bridgehead atoms.